The second-order valence-corrected chi connectivity index (χ2v) is 4.84. The molecule has 0 aliphatic carbocycles. The van der Waals surface area contributed by atoms with Gasteiger partial charge in [0.05, 0.1) is 0 Å². The summed E-state index contributed by atoms with van der Waals surface area (Å²) in [6.45, 7) is 1.93. The number of fused-ring (bicyclic) bond motifs is 1. The zero-order valence-corrected chi connectivity index (χ0v) is 11.1. The van der Waals surface area contributed by atoms with Crippen LogP contribution in [-0.4, -0.2) is 10.2 Å². The highest BCUT2D eigenvalue weighted by atomic mass is 32.1. The van der Waals surface area contributed by atoms with Gasteiger partial charge in [-0.1, -0.05) is 48.1 Å². The molecule has 1 aromatic heterocycles. The highest BCUT2D eigenvalue weighted by Gasteiger charge is 2.11. The fraction of sp³-hybridized carbons (Fsp3) is 0.0667. The molecule has 0 atom stereocenters. The summed E-state index contributed by atoms with van der Waals surface area (Å²) >= 11 is 5.21. The van der Waals surface area contributed by atoms with Gasteiger partial charge in [0.15, 0.2) is 0 Å². The summed E-state index contributed by atoms with van der Waals surface area (Å²) < 4.78 is 14.6. The van der Waals surface area contributed by atoms with Crippen LogP contribution < -0.4 is 0 Å². The Morgan fingerprint density at radius 3 is 2.63 bits per heavy atom. The second-order valence-electron chi connectivity index (χ2n) is 4.43. The number of halogens is 1. The van der Waals surface area contributed by atoms with Crippen LogP contribution in [0.4, 0.5) is 4.39 Å². The van der Waals surface area contributed by atoms with Crippen molar-refractivity contribution in [1.82, 2.24) is 10.2 Å². The smallest absolute Gasteiger partial charge is 0.132 e. The van der Waals surface area contributed by atoms with Crippen molar-refractivity contribution in [3.63, 3.8) is 0 Å². The quantitative estimate of drug-likeness (QED) is 0.664. The van der Waals surface area contributed by atoms with E-state index in [1.807, 2.05) is 31.2 Å². The summed E-state index contributed by atoms with van der Waals surface area (Å²) in [6, 6.07) is 12.6. The van der Waals surface area contributed by atoms with Crippen LogP contribution in [0.25, 0.3) is 22.0 Å². The minimum Gasteiger partial charge on any atom is -0.267 e. The van der Waals surface area contributed by atoms with Gasteiger partial charge in [0.25, 0.3) is 0 Å². The fourth-order valence-corrected chi connectivity index (χ4v) is 2.36. The first kappa shape index (κ1) is 12.0. The van der Waals surface area contributed by atoms with Crippen molar-refractivity contribution >= 4 is 23.0 Å². The van der Waals surface area contributed by atoms with E-state index in [2.05, 4.69) is 10.2 Å². The second kappa shape index (κ2) is 4.55. The number of H-pyrrole nitrogens is 1. The van der Waals surface area contributed by atoms with Crippen LogP contribution in [0.1, 0.15) is 5.56 Å². The Morgan fingerprint density at radius 2 is 1.84 bits per heavy atom. The third kappa shape index (κ3) is 2.04. The predicted molar refractivity (Wildman–Crippen MR) is 77.1 cm³/mol. The molecule has 3 aromatic rings. The number of aromatic amines is 1. The lowest BCUT2D eigenvalue weighted by Crippen LogP contribution is -1.94. The Kier molecular flexibility index (Phi) is 2.87. The van der Waals surface area contributed by atoms with E-state index < -0.39 is 0 Å². The minimum atomic E-state index is -0.284. The standard InChI is InChI=1S/C15H11FN2S/c1-9-6-7-13(16)12(8-9)14-10-4-2-3-5-11(10)15(19)18-17-14/h2-8H,1H3,(H,18,19). The van der Waals surface area contributed by atoms with E-state index in [4.69, 9.17) is 12.2 Å². The van der Waals surface area contributed by atoms with Crippen molar-refractivity contribution in [1.29, 1.82) is 0 Å². The summed E-state index contributed by atoms with van der Waals surface area (Å²) in [5.74, 6) is -0.284. The maximum absolute atomic E-state index is 14.0. The third-order valence-corrected chi connectivity index (χ3v) is 3.38. The Balaban J connectivity index is 2.41. The van der Waals surface area contributed by atoms with Crippen molar-refractivity contribution in [2.24, 2.45) is 0 Å². The number of rotatable bonds is 1. The molecule has 0 saturated heterocycles. The Morgan fingerprint density at radius 1 is 1.11 bits per heavy atom. The molecule has 2 aromatic carbocycles. The molecule has 0 amide bonds. The number of hydrogen-bond acceptors (Lipinski definition) is 2. The van der Waals surface area contributed by atoms with E-state index in [1.54, 1.807) is 12.1 Å². The van der Waals surface area contributed by atoms with Crippen molar-refractivity contribution in [2.75, 3.05) is 0 Å². The van der Waals surface area contributed by atoms with Crippen molar-refractivity contribution in [2.45, 2.75) is 6.92 Å². The minimum absolute atomic E-state index is 0.284. The van der Waals surface area contributed by atoms with Gasteiger partial charge in [-0.15, -0.1) is 0 Å². The lowest BCUT2D eigenvalue weighted by molar-refractivity contribution is 0.630. The summed E-state index contributed by atoms with van der Waals surface area (Å²) in [4.78, 5) is 0. The van der Waals surface area contributed by atoms with Gasteiger partial charge >= 0.3 is 0 Å². The molecule has 4 heteroatoms. The number of hydrogen-bond donors (Lipinski definition) is 1. The number of aryl methyl sites for hydroxylation is 1. The summed E-state index contributed by atoms with van der Waals surface area (Å²) in [6.07, 6.45) is 0. The molecule has 3 rings (SSSR count). The zero-order chi connectivity index (χ0) is 13.4. The SMILES string of the molecule is Cc1ccc(F)c(-c2n[nH]c(=S)c3ccccc23)c1. The monoisotopic (exact) mass is 270 g/mol. The van der Waals surface area contributed by atoms with E-state index in [0.717, 1.165) is 16.3 Å². The molecule has 0 aliphatic rings. The molecular formula is C15H11FN2S. The van der Waals surface area contributed by atoms with Gasteiger partial charge in [-0.05, 0) is 19.1 Å². The number of aromatic nitrogens is 2. The van der Waals surface area contributed by atoms with Crippen LogP contribution in [0.5, 0.6) is 0 Å². The highest BCUT2D eigenvalue weighted by Crippen LogP contribution is 2.28. The van der Waals surface area contributed by atoms with Gasteiger partial charge in [0, 0.05) is 16.3 Å². The molecule has 19 heavy (non-hydrogen) atoms. The van der Waals surface area contributed by atoms with Crippen LogP contribution >= 0.6 is 12.2 Å². The van der Waals surface area contributed by atoms with E-state index >= 15 is 0 Å². The number of benzene rings is 2. The van der Waals surface area contributed by atoms with E-state index in [1.165, 1.54) is 6.07 Å². The Bertz CT molecular complexity index is 824. The molecular weight excluding hydrogens is 259 g/mol. The predicted octanol–water partition coefficient (Wildman–Crippen LogP) is 4.41. The molecule has 0 spiro atoms. The Hall–Kier alpha value is -2.07. The maximum Gasteiger partial charge on any atom is 0.132 e. The van der Waals surface area contributed by atoms with Gasteiger partial charge in [0.1, 0.15) is 16.2 Å². The van der Waals surface area contributed by atoms with Crippen LogP contribution in [0, 0.1) is 17.4 Å². The molecule has 0 aliphatic heterocycles. The van der Waals surface area contributed by atoms with Crippen LogP contribution in [0.15, 0.2) is 42.5 Å². The highest BCUT2D eigenvalue weighted by molar-refractivity contribution is 7.71. The van der Waals surface area contributed by atoms with Crippen LogP contribution in [0.2, 0.25) is 0 Å². The van der Waals surface area contributed by atoms with Crippen molar-refractivity contribution in [3.8, 4) is 11.3 Å². The molecule has 0 fully saturated rings. The summed E-state index contributed by atoms with van der Waals surface area (Å²) in [5, 5.41) is 8.73. The lowest BCUT2D eigenvalue weighted by atomic mass is 10.0. The molecule has 1 heterocycles. The lowest BCUT2D eigenvalue weighted by Gasteiger charge is -2.07. The average Bonchev–Trinajstić information content (AvgIpc) is 2.43. The van der Waals surface area contributed by atoms with Crippen molar-refractivity contribution in [3.05, 3.63) is 58.5 Å². The first-order chi connectivity index (χ1) is 9.16. The normalized spacial score (nSPS) is 10.8. The van der Waals surface area contributed by atoms with Gasteiger partial charge in [-0.25, -0.2) is 4.39 Å². The zero-order valence-electron chi connectivity index (χ0n) is 10.3. The molecule has 94 valence electrons. The van der Waals surface area contributed by atoms with Crippen LogP contribution in [-0.2, 0) is 0 Å². The molecule has 0 unspecified atom stereocenters. The van der Waals surface area contributed by atoms with Crippen LogP contribution in [0.3, 0.4) is 0 Å². The molecule has 1 N–H and O–H groups in total. The van der Waals surface area contributed by atoms with E-state index in [-0.39, 0.29) is 5.82 Å². The Labute approximate surface area is 114 Å². The molecule has 2 nitrogen and oxygen atoms in total. The topological polar surface area (TPSA) is 28.7 Å². The molecule has 0 bridgehead atoms. The fourth-order valence-electron chi connectivity index (χ4n) is 2.14. The van der Waals surface area contributed by atoms with Gasteiger partial charge in [0.2, 0.25) is 0 Å². The van der Waals surface area contributed by atoms with Gasteiger partial charge < -0.3 is 0 Å². The van der Waals surface area contributed by atoms with Gasteiger partial charge in [-0.3, -0.25) is 5.10 Å². The maximum atomic E-state index is 14.0. The van der Waals surface area contributed by atoms with Gasteiger partial charge in [-0.2, -0.15) is 5.10 Å². The largest absolute Gasteiger partial charge is 0.267 e. The van der Waals surface area contributed by atoms with E-state index in [9.17, 15) is 4.39 Å². The molecule has 0 saturated carbocycles. The third-order valence-electron chi connectivity index (χ3n) is 3.07. The average molecular weight is 270 g/mol. The van der Waals surface area contributed by atoms with E-state index in [0.29, 0.717) is 15.9 Å². The first-order valence-electron chi connectivity index (χ1n) is 5.91. The number of nitrogens with one attached hydrogen (secondary N) is 1. The summed E-state index contributed by atoms with van der Waals surface area (Å²) in [5.41, 5.74) is 2.07. The molecule has 0 radical (unpaired) electrons. The number of nitrogens with zero attached hydrogens (tertiary/aromatic N) is 1. The van der Waals surface area contributed by atoms with Crippen molar-refractivity contribution < 1.29 is 4.39 Å². The summed E-state index contributed by atoms with van der Waals surface area (Å²) in [7, 11) is 0. The first-order valence-corrected chi connectivity index (χ1v) is 6.31.